The number of aliphatic hydroxyl groups is 1. The lowest BCUT2D eigenvalue weighted by atomic mass is 9.87. The second-order valence-corrected chi connectivity index (χ2v) is 5.21. The van der Waals surface area contributed by atoms with Crippen molar-refractivity contribution in [3.63, 3.8) is 0 Å². The Kier molecular flexibility index (Phi) is 4.88. The molecule has 1 saturated heterocycles. The summed E-state index contributed by atoms with van der Waals surface area (Å²) in [5.74, 6) is 0. The topological polar surface area (TPSA) is 43.6 Å². The Morgan fingerprint density at radius 2 is 1.50 bits per heavy atom. The predicted molar refractivity (Wildman–Crippen MR) is 85.0 cm³/mol. The fraction of sp³-hybridized carbons (Fsp3) is 0.158. The summed E-state index contributed by atoms with van der Waals surface area (Å²) < 4.78 is 5.74. The summed E-state index contributed by atoms with van der Waals surface area (Å²) >= 11 is 0. The van der Waals surface area contributed by atoms with Crippen molar-refractivity contribution >= 4 is 0 Å². The summed E-state index contributed by atoms with van der Waals surface area (Å²) in [6.45, 7) is 2.29. The van der Waals surface area contributed by atoms with Crippen molar-refractivity contribution < 1.29 is 9.84 Å². The molecular weight excluding hydrogens is 274 g/mol. The molecule has 1 aliphatic heterocycles. The molecule has 0 spiro atoms. The van der Waals surface area contributed by atoms with Crippen LogP contribution in [-0.4, -0.2) is 18.3 Å². The number of nitrogens with zero attached hydrogens (tertiary/aromatic N) is 1. The Morgan fingerprint density at radius 1 is 0.909 bits per heavy atom. The molecule has 1 fully saturated rings. The fourth-order valence-electron chi connectivity index (χ4n) is 2.49. The molecule has 5 radical (unpaired) electrons. The molecule has 1 N–H and O–H groups in total. The Morgan fingerprint density at radius 3 is 2.00 bits per heavy atom. The molecule has 3 rings (SSSR count). The van der Waals surface area contributed by atoms with Gasteiger partial charge in [0.2, 0.25) is 0 Å². The van der Waals surface area contributed by atoms with E-state index in [0.717, 1.165) is 17.2 Å². The second-order valence-electron chi connectivity index (χ2n) is 5.21. The largest absolute Gasteiger partial charge is 0.378 e. The first-order chi connectivity index (χ1) is 10.8. The van der Waals surface area contributed by atoms with E-state index in [2.05, 4.69) is 5.32 Å². The normalized spacial score (nSPS) is 16.0. The zero-order valence-corrected chi connectivity index (χ0v) is 12.2. The van der Waals surface area contributed by atoms with Crippen LogP contribution in [0, 0.1) is 25.4 Å². The van der Waals surface area contributed by atoms with Crippen molar-refractivity contribution in [2.45, 2.75) is 5.60 Å². The van der Waals surface area contributed by atoms with Gasteiger partial charge < -0.3 is 9.84 Å². The second kappa shape index (κ2) is 7.05. The van der Waals surface area contributed by atoms with Gasteiger partial charge in [-0.05, 0) is 24.0 Å². The van der Waals surface area contributed by atoms with E-state index in [9.17, 15) is 5.11 Å². The van der Waals surface area contributed by atoms with Crippen molar-refractivity contribution in [2.75, 3.05) is 13.2 Å². The van der Waals surface area contributed by atoms with Crippen LogP contribution in [0.15, 0.2) is 60.7 Å². The van der Waals surface area contributed by atoms with Crippen molar-refractivity contribution in [2.24, 2.45) is 0 Å². The van der Waals surface area contributed by atoms with Gasteiger partial charge in [-0.2, -0.15) is 0 Å². The Labute approximate surface area is 131 Å². The lowest BCUT2D eigenvalue weighted by Gasteiger charge is -2.29. The third kappa shape index (κ3) is 3.38. The molecule has 0 aromatic heterocycles. The monoisotopic (exact) mass is 292 g/mol. The number of rotatable bonds is 6. The molecule has 2 aromatic carbocycles. The summed E-state index contributed by atoms with van der Waals surface area (Å²) in [4.78, 5) is 0. The van der Waals surface area contributed by atoms with Crippen LogP contribution in [-0.2, 0) is 10.3 Å². The highest BCUT2D eigenvalue weighted by molar-refractivity contribution is 5.36. The summed E-state index contributed by atoms with van der Waals surface area (Å²) in [6, 6.07) is 20.1. The molecule has 1 aliphatic rings. The molecule has 0 amide bonds. The van der Waals surface area contributed by atoms with Crippen molar-refractivity contribution in [3.8, 4) is 0 Å². The molecule has 2 aromatic rings. The fourth-order valence-corrected chi connectivity index (χ4v) is 2.49. The summed E-state index contributed by atoms with van der Waals surface area (Å²) in [6.07, 6.45) is 3.78. The number of ether oxygens (including phenoxy) is 1. The Hall–Kier alpha value is -1.68. The Bertz CT molecular complexity index is 525. The van der Waals surface area contributed by atoms with Crippen LogP contribution < -0.4 is 5.32 Å². The van der Waals surface area contributed by atoms with Gasteiger partial charge in [-0.15, -0.1) is 0 Å². The van der Waals surface area contributed by atoms with Crippen LogP contribution in [0.2, 0.25) is 0 Å². The van der Waals surface area contributed by atoms with E-state index in [1.54, 1.807) is 6.54 Å². The zero-order chi connectivity index (χ0) is 15.3. The van der Waals surface area contributed by atoms with E-state index in [1.807, 2.05) is 73.5 Å². The van der Waals surface area contributed by atoms with Gasteiger partial charge in [0.15, 0.2) is 0 Å². The SMILES string of the molecule is OC(COC[C]1[CH][CH][CH][N]1)(c1ccccc1)c1ccccc1. The van der Waals surface area contributed by atoms with Crippen LogP contribution in [0.25, 0.3) is 0 Å². The van der Waals surface area contributed by atoms with Gasteiger partial charge >= 0.3 is 0 Å². The lowest BCUT2D eigenvalue weighted by Crippen LogP contribution is -2.34. The first-order valence-electron chi connectivity index (χ1n) is 7.27. The highest BCUT2D eigenvalue weighted by atomic mass is 16.5. The van der Waals surface area contributed by atoms with Gasteiger partial charge in [0.25, 0.3) is 0 Å². The average molecular weight is 292 g/mol. The molecule has 1 heterocycles. The summed E-state index contributed by atoms with van der Waals surface area (Å²) in [5, 5.41) is 15.4. The van der Waals surface area contributed by atoms with Gasteiger partial charge in [0.05, 0.1) is 19.3 Å². The van der Waals surface area contributed by atoms with E-state index >= 15 is 0 Å². The first-order valence-corrected chi connectivity index (χ1v) is 7.27. The van der Waals surface area contributed by atoms with Crippen molar-refractivity contribution in [3.05, 3.63) is 97.2 Å². The first kappa shape index (κ1) is 15.2. The van der Waals surface area contributed by atoms with Crippen LogP contribution in [0.1, 0.15) is 11.1 Å². The third-order valence-corrected chi connectivity index (χ3v) is 3.68. The minimum atomic E-state index is -1.17. The van der Waals surface area contributed by atoms with Crippen molar-refractivity contribution in [1.82, 2.24) is 5.32 Å². The molecule has 22 heavy (non-hydrogen) atoms. The van der Waals surface area contributed by atoms with Gasteiger partial charge in [-0.25, -0.2) is 5.32 Å². The van der Waals surface area contributed by atoms with Crippen LogP contribution in [0.4, 0.5) is 0 Å². The molecule has 0 bridgehead atoms. The minimum Gasteiger partial charge on any atom is -0.378 e. The molecule has 0 aliphatic carbocycles. The van der Waals surface area contributed by atoms with E-state index in [-0.39, 0.29) is 6.61 Å². The van der Waals surface area contributed by atoms with Gasteiger partial charge in [-0.3, -0.25) is 0 Å². The molecule has 0 saturated carbocycles. The van der Waals surface area contributed by atoms with Gasteiger partial charge in [0.1, 0.15) is 5.60 Å². The minimum absolute atomic E-state index is 0.174. The lowest BCUT2D eigenvalue weighted by molar-refractivity contribution is -0.0191. The average Bonchev–Trinajstić information content (AvgIpc) is 3.10. The highest BCUT2D eigenvalue weighted by Gasteiger charge is 2.32. The van der Waals surface area contributed by atoms with Crippen molar-refractivity contribution in [1.29, 1.82) is 0 Å². The zero-order valence-electron chi connectivity index (χ0n) is 12.2. The van der Waals surface area contributed by atoms with Crippen LogP contribution >= 0.6 is 0 Å². The molecular formula is C19H18NO2. The highest BCUT2D eigenvalue weighted by Crippen LogP contribution is 2.30. The maximum Gasteiger partial charge on any atom is 0.138 e. The van der Waals surface area contributed by atoms with Gasteiger partial charge in [0, 0.05) is 6.54 Å². The van der Waals surface area contributed by atoms with Crippen LogP contribution in [0.5, 0.6) is 0 Å². The molecule has 0 atom stereocenters. The Balaban J connectivity index is 1.77. The van der Waals surface area contributed by atoms with E-state index < -0.39 is 5.60 Å². The smallest absolute Gasteiger partial charge is 0.138 e. The van der Waals surface area contributed by atoms with E-state index in [1.165, 1.54) is 0 Å². The predicted octanol–water partition coefficient (Wildman–Crippen LogP) is 2.66. The summed E-state index contributed by atoms with van der Waals surface area (Å²) in [7, 11) is 0. The van der Waals surface area contributed by atoms with E-state index in [4.69, 9.17) is 4.74 Å². The quantitative estimate of drug-likeness (QED) is 0.889. The van der Waals surface area contributed by atoms with Gasteiger partial charge in [-0.1, -0.05) is 60.7 Å². The molecule has 3 nitrogen and oxygen atoms in total. The number of benzene rings is 2. The molecule has 0 unspecified atom stereocenters. The number of hydrogen-bond donors (Lipinski definition) is 1. The maximum atomic E-state index is 11.2. The molecule has 111 valence electrons. The maximum absolute atomic E-state index is 11.2. The summed E-state index contributed by atoms with van der Waals surface area (Å²) in [5.41, 5.74) is 0.461. The van der Waals surface area contributed by atoms with E-state index in [0.29, 0.717) is 6.61 Å². The van der Waals surface area contributed by atoms with Crippen LogP contribution in [0.3, 0.4) is 0 Å². The third-order valence-electron chi connectivity index (χ3n) is 3.68. The number of hydrogen-bond acceptors (Lipinski definition) is 2. The standard InChI is InChI=1S/C19H18NO2/c21-19(16-8-3-1-4-9-16,17-10-5-2-6-11-17)15-22-14-18-12-7-13-20-18/h1-13,21H,14-15H2. The molecule has 3 heteroatoms.